The maximum atomic E-state index is 11.8. The third kappa shape index (κ3) is 2.33. The lowest BCUT2D eigenvalue weighted by Crippen LogP contribution is -2.14. The Kier molecular flexibility index (Phi) is 2.91. The molecule has 0 aliphatic carbocycles. The van der Waals surface area contributed by atoms with Gasteiger partial charge in [-0.2, -0.15) is 0 Å². The van der Waals surface area contributed by atoms with Gasteiger partial charge in [0.1, 0.15) is 0 Å². The van der Waals surface area contributed by atoms with Crippen LogP contribution in [-0.4, -0.2) is 16.1 Å². The minimum atomic E-state index is -0.386. The highest BCUT2D eigenvalue weighted by Gasteiger charge is 2.15. The normalized spacial score (nSPS) is 10.3. The number of para-hydroxylation sites is 1. The molecule has 0 spiro atoms. The molecule has 1 heterocycles. The predicted molar refractivity (Wildman–Crippen MR) is 62.9 cm³/mol. The number of aryl methyl sites for hydroxylation is 3. The van der Waals surface area contributed by atoms with Gasteiger partial charge in [0.2, 0.25) is 5.89 Å². The van der Waals surface area contributed by atoms with E-state index in [-0.39, 0.29) is 11.8 Å². The first-order chi connectivity index (χ1) is 8.08. The van der Waals surface area contributed by atoms with Crippen LogP contribution in [0.2, 0.25) is 0 Å². The largest absolute Gasteiger partial charge is 0.417 e. The lowest BCUT2D eigenvalue weighted by Gasteiger charge is -2.09. The zero-order chi connectivity index (χ0) is 12.4. The van der Waals surface area contributed by atoms with E-state index in [1.54, 1.807) is 6.92 Å². The molecule has 0 unspecified atom stereocenters. The number of aromatic nitrogens is 2. The zero-order valence-corrected chi connectivity index (χ0v) is 9.94. The first-order valence-electron chi connectivity index (χ1n) is 5.25. The van der Waals surface area contributed by atoms with E-state index in [0.29, 0.717) is 5.89 Å². The molecule has 88 valence electrons. The summed E-state index contributed by atoms with van der Waals surface area (Å²) < 4.78 is 5.06. The number of carbonyl (C=O) groups excluding carboxylic acids is 1. The van der Waals surface area contributed by atoms with E-state index in [1.807, 2.05) is 32.0 Å². The highest BCUT2D eigenvalue weighted by Crippen LogP contribution is 2.20. The number of carbonyl (C=O) groups is 1. The second-order valence-electron chi connectivity index (χ2n) is 3.85. The van der Waals surface area contributed by atoms with Gasteiger partial charge in [-0.15, -0.1) is 10.2 Å². The Morgan fingerprint density at radius 3 is 2.35 bits per heavy atom. The van der Waals surface area contributed by atoms with Crippen LogP contribution in [0.3, 0.4) is 0 Å². The molecule has 0 bridgehead atoms. The van der Waals surface area contributed by atoms with Crippen molar-refractivity contribution >= 4 is 11.6 Å². The van der Waals surface area contributed by atoms with Gasteiger partial charge >= 0.3 is 11.8 Å². The fraction of sp³-hybridized carbons (Fsp3) is 0.250. The van der Waals surface area contributed by atoms with Crippen LogP contribution in [0.25, 0.3) is 0 Å². The van der Waals surface area contributed by atoms with Crippen LogP contribution < -0.4 is 5.32 Å². The summed E-state index contributed by atoms with van der Waals surface area (Å²) in [6.45, 7) is 5.51. The topological polar surface area (TPSA) is 68.0 Å². The van der Waals surface area contributed by atoms with E-state index in [4.69, 9.17) is 4.42 Å². The molecular weight excluding hydrogens is 218 g/mol. The van der Waals surface area contributed by atoms with Gasteiger partial charge in [-0.1, -0.05) is 18.2 Å². The molecule has 2 rings (SSSR count). The van der Waals surface area contributed by atoms with Crippen molar-refractivity contribution in [3.63, 3.8) is 0 Å². The molecule has 1 N–H and O–H groups in total. The van der Waals surface area contributed by atoms with Crippen molar-refractivity contribution in [2.45, 2.75) is 20.8 Å². The number of amides is 1. The maximum Gasteiger partial charge on any atom is 0.313 e. The van der Waals surface area contributed by atoms with Crippen LogP contribution in [0.4, 0.5) is 5.69 Å². The molecule has 5 nitrogen and oxygen atoms in total. The van der Waals surface area contributed by atoms with Crippen molar-refractivity contribution in [3.05, 3.63) is 41.1 Å². The number of nitrogens with zero attached hydrogens (tertiary/aromatic N) is 2. The minimum absolute atomic E-state index is 0.0230. The van der Waals surface area contributed by atoms with E-state index in [2.05, 4.69) is 15.5 Å². The number of rotatable bonds is 2. The third-order valence-electron chi connectivity index (χ3n) is 2.44. The predicted octanol–water partition coefficient (Wildman–Crippen LogP) is 2.25. The van der Waals surface area contributed by atoms with Crippen molar-refractivity contribution in [1.82, 2.24) is 10.2 Å². The van der Waals surface area contributed by atoms with Gasteiger partial charge in [-0.3, -0.25) is 4.79 Å². The fourth-order valence-electron chi connectivity index (χ4n) is 1.57. The summed E-state index contributed by atoms with van der Waals surface area (Å²) in [6, 6.07) is 5.81. The lowest BCUT2D eigenvalue weighted by atomic mass is 10.1. The Hall–Kier alpha value is -2.17. The van der Waals surface area contributed by atoms with Crippen molar-refractivity contribution in [3.8, 4) is 0 Å². The average Bonchev–Trinajstić information content (AvgIpc) is 2.70. The van der Waals surface area contributed by atoms with Crippen LogP contribution in [0.15, 0.2) is 22.6 Å². The van der Waals surface area contributed by atoms with Gasteiger partial charge in [0.15, 0.2) is 0 Å². The third-order valence-corrected chi connectivity index (χ3v) is 2.44. The van der Waals surface area contributed by atoms with Gasteiger partial charge in [0.25, 0.3) is 0 Å². The van der Waals surface area contributed by atoms with Crippen molar-refractivity contribution in [2.75, 3.05) is 5.32 Å². The Labute approximate surface area is 98.9 Å². The molecule has 1 aromatic carbocycles. The molecule has 0 aliphatic heterocycles. The average molecular weight is 231 g/mol. The van der Waals surface area contributed by atoms with Gasteiger partial charge in [-0.25, -0.2) is 0 Å². The monoisotopic (exact) mass is 231 g/mol. The van der Waals surface area contributed by atoms with Gasteiger partial charge in [0.05, 0.1) is 0 Å². The molecule has 0 saturated heterocycles. The van der Waals surface area contributed by atoms with E-state index in [9.17, 15) is 4.79 Å². The molecule has 0 fully saturated rings. The molecule has 0 radical (unpaired) electrons. The molecule has 1 aromatic heterocycles. The highest BCUT2D eigenvalue weighted by atomic mass is 16.4. The molecule has 0 aliphatic rings. The Bertz CT molecular complexity index is 540. The highest BCUT2D eigenvalue weighted by molar-refractivity contribution is 6.01. The van der Waals surface area contributed by atoms with E-state index < -0.39 is 0 Å². The number of nitrogens with one attached hydrogen (secondary N) is 1. The van der Waals surface area contributed by atoms with Crippen LogP contribution in [0.5, 0.6) is 0 Å². The smallest absolute Gasteiger partial charge is 0.313 e. The quantitative estimate of drug-likeness (QED) is 0.860. The van der Waals surface area contributed by atoms with Crippen molar-refractivity contribution < 1.29 is 9.21 Å². The van der Waals surface area contributed by atoms with Crippen molar-refractivity contribution in [2.24, 2.45) is 0 Å². The molecule has 1 amide bonds. The van der Waals surface area contributed by atoms with Gasteiger partial charge < -0.3 is 9.73 Å². The number of anilines is 1. The van der Waals surface area contributed by atoms with E-state index >= 15 is 0 Å². The summed E-state index contributed by atoms with van der Waals surface area (Å²) in [7, 11) is 0. The Morgan fingerprint density at radius 1 is 1.18 bits per heavy atom. The van der Waals surface area contributed by atoms with Gasteiger partial charge in [0, 0.05) is 12.6 Å². The second-order valence-corrected chi connectivity index (χ2v) is 3.85. The molecule has 17 heavy (non-hydrogen) atoms. The summed E-state index contributed by atoms with van der Waals surface area (Å²) in [4.78, 5) is 11.8. The van der Waals surface area contributed by atoms with E-state index in [1.165, 1.54) is 0 Å². The van der Waals surface area contributed by atoms with Crippen LogP contribution in [0, 0.1) is 20.8 Å². The fourth-order valence-corrected chi connectivity index (χ4v) is 1.57. The minimum Gasteiger partial charge on any atom is -0.417 e. The second kappa shape index (κ2) is 4.37. The maximum absolute atomic E-state index is 11.8. The zero-order valence-electron chi connectivity index (χ0n) is 9.94. The molecule has 0 atom stereocenters. The SMILES string of the molecule is Cc1nnc(C(=O)Nc2c(C)cccc2C)o1. The molecule has 2 aromatic rings. The standard InChI is InChI=1S/C12H13N3O2/c1-7-5-4-6-8(2)10(7)13-11(16)12-15-14-9(3)17-12/h4-6H,1-3H3,(H,13,16). The van der Waals surface area contributed by atoms with Crippen molar-refractivity contribution in [1.29, 1.82) is 0 Å². The van der Waals surface area contributed by atoms with Crippen LogP contribution in [-0.2, 0) is 0 Å². The van der Waals surface area contributed by atoms with E-state index in [0.717, 1.165) is 16.8 Å². The molecule has 5 heteroatoms. The van der Waals surface area contributed by atoms with Crippen LogP contribution >= 0.6 is 0 Å². The van der Waals surface area contributed by atoms with Gasteiger partial charge in [-0.05, 0) is 25.0 Å². The first kappa shape index (κ1) is 11.3. The summed E-state index contributed by atoms with van der Waals surface area (Å²) >= 11 is 0. The number of benzene rings is 1. The summed E-state index contributed by atoms with van der Waals surface area (Å²) in [5, 5.41) is 10.1. The lowest BCUT2D eigenvalue weighted by molar-refractivity contribution is 0.0988. The van der Waals surface area contributed by atoms with Crippen LogP contribution in [0.1, 0.15) is 27.7 Å². The molecular formula is C12H13N3O2. The number of hydrogen-bond acceptors (Lipinski definition) is 4. The number of hydrogen-bond donors (Lipinski definition) is 1. The molecule has 0 saturated carbocycles. The Morgan fingerprint density at radius 2 is 1.82 bits per heavy atom. The summed E-state index contributed by atoms with van der Waals surface area (Å²) in [6.07, 6.45) is 0. The summed E-state index contributed by atoms with van der Waals surface area (Å²) in [5.74, 6) is -0.0372. The summed E-state index contributed by atoms with van der Waals surface area (Å²) in [5.41, 5.74) is 2.78. The Balaban J connectivity index is 2.24. The first-order valence-corrected chi connectivity index (χ1v) is 5.25.